The van der Waals surface area contributed by atoms with Crippen molar-refractivity contribution in [1.82, 2.24) is 9.38 Å². The lowest BCUT2D eigenvalue weighted by Crippen LogP contribution is -2.16. The van der Waals surface area contributed by atoms with E-state index in [4.69, 9.17) is 4.42 Å². The fraction of sp³-hybridized carbons (Fsp3) is 0.0652. The van der Waals surface area contributed by atoms with E-state index in [9.17, 15) is 0 Å². The van der Waals surface area contributed by atoms with E-state index in [1.54, 1.807) is 6.39 Å². The van der Waals surface area contributed by atoms with Gasteiger partial charge in [-0.05, 0) is 76.3 Å². The van der Waals surface area contributed by atoms with Crippen LogP contribution in [0.25, 0.3) is 71.4 Å². The van der Waals surface area contributed by atoms with Crippen molar-refractivity contribution in [2.45, 2.75) is 19.3 Å². The van der Waals surface area contributed by atoms with Gasteiger partial charge >= 0.3 is 0 Å². The van der Waals surface area contributed by atoms with Crippen LogP contribution >= 0.6 is 0 Å². The lowest BCUT2D eigenvalue weighted by molar-refractivity contribution is 0.605. The smallest absolute Gasteiger partial charge is 0.182 e. The first-order valence-corrected chi connectivity index (χ1v) is 17.2. The van der Waals surface area contributed by atoms with Crippen molar-refractivity contribution in [1.29, 1.82) is 0 Å². The molecule has 0 bridgehead atoms. The second-order valence-electron chi connectivity index (χ2n) is 14.0. The number of benzene rings is 7. The van der Waals surface area contributed by atoms with Crippen LogP contribution in [0, 0.1) is 0 Å². The van der Waals surface area contributed by atoms with Gasteiger partial charge in [-0.2, -0.15) is 0 Å². The highest BCUT2D eigenvalue weighted by atomic mass is 16.3. The minimum absolute atomic E-state index is 0.117. The van der Waals surface area contributed by atoms with E-state index in [2.05, 4.69) is 174 Å². The van der Waals surface area contributed by atoms with E-state index in [1.807, 2.05) is 0 Å². The first-order valence-electron chi connectivity index (χ1n) is 17.2. The zero-order valence-corrected chi connectivity index (χ0v) is 27.7. The van der Waals surface area contributed by atoms with E-state index < -0.39 is 0 Å². The molecule has 3 aromatic heterocycles. The number of hydrogen-bond donors (Lipinski definition) is 0. The Labute approximate surface area is 288 Å². The van der Waals surface area contributed by atoms with Gasteiger partial charge in [0.2, 0.25) is 0 Å². The van der Waals surface area contributed by atoms with Crippen molar-refractivity contribution >= 4 is 66.3 Å². The lowest BCUT2D eigenvalue weighted by atomic mass is 9.82. The van der Waals surface area contributed by atoms with Gasteiger partial charge in [-0.3, -0.25) is 0 Å². The Kier molecular flexibility index (Phi) is 5.42. The molecule has 236 valence electrons. The largest absolute Gasteiger partial charge is 0.443 e. The van der Waals surface area contributed by atoms with Gasteiger partial charge < -0.3 is 13.7 Å². The SMILES string of the molecule is CC1(C)c2ccccc2-c2ccc(N(c3ccc4c(c3)c3cc5ncoc5c5c6ccccc6n4c35)c3ccccc3-c3ccccc3)cc21. The molecule has 0 radical (unpaired) electrons. The first kappa shape index (κ1) is 27.5. The molecule has 50 heavy (non-hydrogen) atoms. The minimum Gasteiger partial charge on any atom is -0.443 e. The predicted octanol–water partition coefficient (Wildman–Crippen LogP) is 12.4. The van der Waals surface area contributed by atoms with Gasteiger partial charge in [-0.15, -0.1) is 0 Å². The fourth-order valence-corrected chi connectivity index (χ4v) is 8.79. The summed E-state index contributed by atoms with van der Waals surface area (Å²) in [5.74, 6) is 0. The molecule has 10 aromatic rings. The molecule has 11 rings (SSSR count). The molecular formula is C46H31N3O. The molecule has 1 aliphatic carbocycles. The second-order valence-corrected chi connectivity index (χ2v) is 14.0. The molecule has 7 aromatic carbocycles. The van der Waals surface area contributed by atoms with E-state index in [-0.39, 0.29) is 5.41 Å². The molecule has 4 nitrogen and oxygen atoms in total. The van der Waals surface area contributed by atoms with Crippen molar-refractivity contribution in [3.8, 4) is 22.3 Å². The number of nitrogens with zero attached hydrogens (tertiary/aromatic N) is 3. The molecule has 0 fully saturated rings. The Morgan fingerprint density at radius 1 is 0.580 bits per heavy atom. The van der Waals surface area contributed by atoms with Gasteiger partial charge in [0.15, 0.2) is 12.0 Å². The summed E-state index contributed by atoms with van der Waals surface area (Å²) in [6, 6.07) is 53.1. The van der Waals surface area contributed by atoms with Gasteiger partial charge in [0.25, 0.3) is 0 Å². The molecule has 0 aliphatic heterocycles. The lowest BCUT2D eigenvalue weighted by Gasteiger charge is -2.30. The Morgan fingerprint density at radius 2 is 1.28 bits per heavy atom. The molecule has 0 saturated heterocycles. The molecular weight excluding hydrogens is 611 g/mol. The predicted molar refractivity (Wildman–Crippen MR) is 206 cm³/mol. The zero-order chi connectivity index (χ0) is 33.1. The zero-order valence-electron chi connectivity index (χ0n) is 27.7. The third-order valence-electron chi connectivity index (χ3n) is 11.1. The van der Waals surface area contributed by atoms with Crippen LogP contribution in [-0.2, 0) is 5.41 Å². The highest BCUT2D eigenvalue weighted by Gasteiger charge is 2.36. The molecule has 0 N–H and O–H groups in total. The summed E-state index contributed by atoms with van der Waals surface area (Å²) in [6.07, 6.45) is 1.56. The van der Waals surface area contributed by atoms with Crippen LogP contribution in [-0.4, -0.2) is 9.38 Å². The maximum absolute atomic E-state index is 6.01. The minimum atomic E-state index is -0.117. The molecule has 0 atom stereocenters. The van der Waals surface area contributed by atoms with Crippen LogP contribution in [0.15, 0.2) is 156 Å². The van der Waals surface area contributed by atoms with Gasteiger partial charge in [0.1, 0.15) is 5.52 Å². The summed E-state index contributed by atoms with van der Waals surface area (Å²) in [7, 11) is 0. The van der Waals surface area contributed by atoms with Crippen LogP contribution in [0.2, 0.25) is 0 Å². The molecule has 3 heterocycles. The van der Waals surface area contributed by atoms with Gasteiger partial charge in [-0.1, -0.05) is 111 Å². The maximum atomic E-state index is 6.01. The monoisotopic (exact) mass is 641 g/mol. The quantitative estimate of drug-likeness (QED) is 0.192. The summed E-state index contributed by atoms with van der Waals surface area (Å²) in [5.41, 5.74) is 16.2. The van der Waals surface area contributed by atoms with Crippen molar-refractivity contribution in [3.63, 3.8) is 0 Å². The van der Waals surface area contributed by atoms with Gasteiger partial charge in [-0.25, -0.2) is 4.98 Å². The second kappa shape index (κ2) is 9.83. The third kappa shape index (κ3) is 3.57. The number of hydrogen-bond acceptors (Lipinski definition) is 3. The van der Waals surface area contributed by atoms with Crippen LogP contribution in [0.5, 0.6) is 0 Å². The van der Waals surface area contributed by atoms with E-state index in [0.717, 1.165) is 33.5 Å². The van der Waals surface area contributed by atoms with Crippen LogP contribution in [0.4, 0.5) is 17.1 Å². The molecule has 0 spiro atoms. The number of rotatable bonds is 4. The first-order chi connectivity index (χ1) is 24.6. The van der Waals surface area contributed by atoms with Crippen LogP contribution < -0.4 is 4.90 Å². The Hall–Kier alpha value is -6.39. The summed E-state index contributed by atoms with van der Waals surface area (Å²) < 4.78 is 8.41. The van der Waals surface area contributed by atoms with Crippen molar-refractivity contribution < 1.29 is 4.42 Å². The molecule has 0 amide bonds. The van der Waals surface area contributed by atoms with Gasteiger partial charge in [0, 0.05) is 38.5 Å². The topological polar surface area (TPSA) is 33.7 Å². The van der Waals surface area contributed by atoms with Crippen LogP contribution in [0.3, 0.4) is 0 Å². The normalized spacial score (nSPS) is 13.6. The third-order valence-corrected chi connectivity index (χ3v) is 11.1. The van der Waals surface area contributed by atoms with Crippen molar-refractivity contribution in [3.05, 3.63) is 163 Å². The molecule has 4 heteroatoms. The van der Waals surface area contributed by atoms with Crippen LogP contribution in [0.1, 0.15) is 25.0 Å². The number of aromatic nitrogens is 2. The van der Waals surface area contributed by atoms with E-state index in [1.165, 1.54) is 66.1 Å². The van der Waals surface area contributed by atoms with Gasteiger partial charge in [0.05, 0.1) is 27.6 Å². The molecule has 0 saturated carbocycles. The summed E-state index contributed by atoms with van der Waals surface area (Å²) >= 11 is 0. The number of para-hydroxylation sites is 2. The average molecular weight is 642 g/mol. The number of anilines is 3. The van der Waals surface area contributed by atoms with Crippen molar-refractivity contribution in [2.24, 2.45) is 0 Å². The fourth-order valence-electron chi connectivity index (χ4n) is 8.79. The Morgan fingerprint density at radius 3 is 2.18 bits per heavy atom. The summed E-state index contributed by atoms with van der Waals surface area (Å²) in [4.78, 5) is 7.08. The summed E-state index contributed by atoms with van der Waals surface area (Å²) in [5, 5.41) is 4.67. The molecule has 1 aliphatic rings. The maximum Gasteiger partial charge on any atom is 0.182 e. The number of oxazole rings is 1. The molecule has 0 unspecified atom stereocenters. The Balaban J connectivity index is 1.21. The van der Waals surface area contributed by atoms with E-state index >= 15 is 0 Å². The summed E-state index contributed by atoms with van der Waals surface area (Å²) in [6.45, 7) is 4.70. The van der Waals surface area contributed by atoms with E-state index in [0.29, 0.717) is 0 Å². The van der Waals surface area contributed by atoms with Crippen molar-refractivity contribution in [2.75, 3.05) is 4.90 Å². The average Bonchev–Trinajstić information content (AvgIpc) is 3.91. The highest BCUT2D eigenvalue weighted by molar-refractivity contribution is 6.30. The standard InChI is InChI=1S/C46H31N3O/c1-46(2)37-17-9-6-15-32(37)33-22-20-30(25-38(33)46)48(40-18-10-7-14-31(40)28-12-4-3-5-13-28)29-21-23-42-35(24-29)36-26-39-45(50-27-47-39)43-34-16-8-11-19-41(34)49(42)44(36)43/h3-27H,1-2H3. The Bertz CT molecular complexity index is 2970. The highest BCUT2D eigenvalue weighted by Crippen LogP contribution is 2.52. The number of fused-ring (bicyclic) bond motifs is 11.